The lowest BCUT2D eigenvalue weighted by atomic mass is 9.99. The van der Waals surface area contributed by atoms with E-state index in [0.717, 1.165) is 18.4 Å². The molecule has 10 nitrogen and oxygen atoms in total. The molecule has 3 aromatic rings. The van der Waals surface area contributed by atoms with E-state index < -0.39 is 23.6 Å². The van der Waals surface area contributed by atoms with Crippen LogP contribution in [0.25, 0.3) is 17.1 Å². The molecular formula is C25H28ClN5O5. The summed E-state index contributed by atoms with van der Waals surface area (Å²) in [6.45, 7) is 2.40. The molecule has 2 aromatic heterocycles. The lowest BCUT2D eigenvalue weighted by molar-refractivity contribution is -0.190. The number of unbranched alkanes of at least 4 members (excludes halogenated alkanes) is 1. The fourth-order valence-electron chi connectivity index (χ4n) is 4.17. The maximum absolute atomic E-state index is 13.5. The highest BCUT2D eigenvalue weighted by Crippen LogP contribution is 2.30. The summed E-state index contributed by atoms with van der Waals surface area (Å²) in [5.41, 5.74) is 7.24. The summed E-state index contributed by atoms with van der Waals surface area (Å²) in [6.07, 6.45) is 5.10. The van der Waals surface area contributed by atoms with E-state index in [1.807, 2.05) is 31.2 Å². The van der Waals surface area contributed by atoms with Crippen molar-refractivity contribution in [3.63, 3.8) is 0 Å². The molecule has 0 aliphatic carbocycles. The highest BCUT2D eigenvalue weighted by Gasteiger charge is 2.50. The number of para-hydroxylation sites is 1. The zero-order valence-electron chi connectivity index (χ0n) is 20.1. The summed E-state index contributed by atoms with van der Waals surface area (Å²) in [6, 6.07) is 9.96. The Bertz CT molecular complexity index is 1240. The number of carbonyl (C=O) groups is 2. The molecule has 3 heterocycles. The van der Waals surface area contributed by atoms with Crippen molar-refractivity contribution in [1.82, 2.24) is 20.1 Å². The molecule has 0 spiro atoms. The molecule has 1 aliphatic rings. The van der Waals surface area contributed by atoms with Crippen molar-refractivity contribution >= 4 is 23.4 Å². The summed E-state index contributed by atoms with van der Waals surface area (Å²) < 4.78 is 18.2. The van der Waals surface area contributed by atoms with Crippen LogP contribution in [0.1, 0.15) is 36.5 Å². The zero-order valence-corrected chi connectivity index (χ0v) is 20.8. The third kappa shape index (κ3) is 5.06. The maximum Gasteiger partial charge on any atom is 0.280 e. The molecule has 1 unspecified atom stereocenters. The highest BCUT2D eigenvalue weighted by molar-refractivity contribution is 6.30. The van der Waals surface area contributed by atoms with Gasteiger partial charge in [-0.15, -0.1) is 0 Å². The van der Waals surface area contributed by atoms with Crippen LogP contribution in [0.4, 0.5) is 0 Å². The van der Waals surface area contributed by atoms with Gasteiger partial charge in [-0.2, -0.15) is 5.10 Å². The standard InChI is InChI=1S/C25H28ClN5O5/c1-3-4-9-21(25(24(27)33)35-12-13-36-25)29-23(32)18-14-16(26)15-28-22(18)31-11-10-19(30-31)17-7-5-6-8-20(17)34-2/h5-8,10-11,14-15,21H,3-4,9,12-13H2,1-2H3,(H2,27,33)(H,29,32). The summed E-state index contributed by atoms with van der Waals surface area (Å²) in [7, 11) is 1.59. The largest absolute Gasteiger partial charge is 0.496 e. The second-order valence-corrected chi connectivity index (χ2v) is 8.70. The number of pyridine rings is 1. The molecule has 190 valence electrons. The number of halogens is 1. The number of hydrogen-bond acceptors (Lipinski definition) is 7. The monoisotopic (exact) mass is 513 g/mol. The van der Waals surface area contributed by atoms with Crippen LogP contribution in [0.5, 0.6) is 5.75 Å². The summed E-state index contributed by atoms with van der Waals surface area (Å²) in [5, 5.41) is 7.75. The SMILES string of the molecule is CCCCC(NC(=O)c1cc(Cl)cnc1-n1ccc(-c2ccccc2OC)n1)C1(C(N)=O)OCCO1. The number of rotatable bonds is 10. The number of ether oxygens (including phenoxy) is 3. The second kappa shape index (κ2) is 11.1. The number of methoxy groups -OCH3 is 1. The molecule has 0 bridgehead atoms. The van der Waals surface area contributed by atoms with Gasteiger partial charge in [-0.3, -0.25) is 9.59 Å². The van der Waals surface area contributed by atoms with Crippen molar-refractivity contribution in [2.24, 2.45) is 5.73 Å². The van der Waals surface area contributed by atoms with Crippen molar-refractivity contribution < 1.29 is 23.8 Å². The van der Waals surface area contributed by atoms with E-state index in [-0.39, 0.29) is 29.6 Å². The van der Waals surface area contributed by atoms with Gasteiger partial charge in [-0.25, -0.2) is 9.67 Å². The van der Waals surface area contributed by atoms with Crippen molar-refractivity contribution in [3.8, 4) is 22.8 Å². The van der Waals surface area contributed by atoms with Crippen LogP contribution in [0.15, 0.2) is 48.8 Å². The number of nitrogens with two attached hydrogens (primary N) is 1. The zero-order chi connectivity index (χ0) is 25.7. The quantitative estimate of drug-likeness (QED) is 0.426. The number of benzene rings is 1. The maximum atomic E-state index is 13.5. The van der Waals surface area contributed by atoms with E-state index in [2.05, 4.69) is 15.4 Å². The predicted octanol–water partition coefficient (Wildman–Crippen LogP) is 3.11. The first kappa shape index (κ1) is 25.6. The Morgan fingerprint density at radius 3 is 2.72 bits per heavy atom. The molecule has 0 saturated carbocycles. The third-order valence-corrected chi connectivity index (χ3v) is 6.14. The van der Waals surface area contributed by atoms with Gasteiger partial charge >= 0.3 is 0 Å². The fraction of sp³-hybridized carbons (Fsp3) is 0.360. The minimum atomic E-state index is -1.74. The van der Waals surface area contributed by atoms with Gasteiger partial charge in [0.25, 0.3) is 17.6 Å². The topological polar surface area (TPSA) is 131 Å². The first-order valence-corrected chi connectivity index (χ1v) is 12.0. The van der Waals surface area contributed by atoms with E-state index in [1.54, 1.807) is 19.4 Å². The highest BCUT2D eigenvalue weighted by atomic mass is 35.5. The number of primary amides is 1. The Morgan fingerprint density at radius 1 is 1.28 bits per heavy atom. The van der Waals surface area contributed by atoms with Crippen molar-refractivity contribution in [2.75, 3.05) is 20.3 Å². The molecule has 1 fully saturated rings. The first-order chi connectivity index (χ1) is 17.4. The van der Waals surface area contributed by atoms with Crippen LogP contribution < -0.4 is 15.8 Å². The van der Waals surface area contributed by atoms with Crippen LogP contribution >= 0.6 is 11.6 Å². The van der Waals surface area contributed by atoms with Crippen molar-refractivity contribution in [1.29, 1.82) is 0 Å². The Kier molecular flexibility index (Phi) is 7.88. The minimum absolute atomic E-state index is 0.163. The lowest BCUT2D eigenvalue weighted by Crippen LogP contribution is -2.60. The molecule has 36 heavy (non-hydrogen) atoms. The molecule has 1 saturated heterocycles. The molecule has 11 heteroatoms. The molecule has 0 radical (unpaired) electrons. The van der Waals surface area contributed by atoms with E-state index >= 15 is 0 Å². The smallest absolute Gasteiger partial charge is 0.280 e. The Labute approximate surface area is 213 Å². The normalized spacial score (nSPS) is 15.4. The van der Waals surface area contributed by atoms with E-state index in [0.29, 0.717) is 17.9 Å². The lowest BCUT2D eigenvalue weighted by Gasteiger charge is -2.33. The molecule has 3 N–H and O–H groups in total. The molecular weight excluding hydrogens is 486 g/mol. The van der Waals surface area contributed by atoms with Gasteiger partial charge in [0.15, 0.2) is 5.82 Å². The average Bonchev–Trinajstić information content (AvgIpc) is 3.57. The van der Waals surface area contributed by atoms with E-state index in [4.69, 9.17) is 31.5 Å². The summed E-state index contributed by atoms with van der Waals surface area (Å²) in [4.78, 5) is 30.2. The molecule has 1 atom stereocenters. The molecule has 1 aliphatic heterocycles. The van der Waals surface area contributed by atoms with Crippen LogP contribution in [-0.4, -0.2) is 58.7 Å². The Balaban J connectivity index is 1.68. The van der Waals surface area contributed by atoms with Gasteiger partial charge in [-0.05, 0) is 30.7 Å². The number of hydrogen-bond donors (Lipinski definition) is 2. The fourth-order valence-corrected chi connectivity index (χ4v) is 4.33. The minimum Gasteiger partial charge on any atom is -0.496 e. The summed E-state index contributed by atoms with van der Waals surface area (Å²) in [5.74, 6) is -2.13. The number of aromatic nitrogens is 3. The first-order valence-electron chi connectivity index (χ1n) is 11.6. The second-order valence-electron chi connectivity index (χ2n) is 8.27. The van der Waals surface area contributed by atoms with Crippen LogP contribution in [-0.2, 0) is 14.3 Å². The van der Waals surface area contributed by atoms with Gasteiger partial charge < -0.3 is 25.3 Å². The van der Waals surface area contributed by atoms with Gasteiger partial charge in [-0.1, -0.05) is 43.5 Å². The van der Waals surface area contributed by atoms with E-state index in [9.17, 15) is 9.59 Å². The number of amides is 2. The van der Waals surface area contributed by atoms with Gasteiger partial charge in [0.2, 0.25) is 0 Å². The summed E-state index contributed by atoms with van der Waals surface area (Å²) >= 11 is 6.20. The molecule has 4 rings (SSSR count). The Hall–Kier alpha value is -3.47. The van der Waals surface area contributed by atoms with Crippen LogP contribution in [0.2, 0.25) is 5.02 Å². The van der Waals surface area contributed by atoms with Gasteiger partial charge in [0.05, 0.1) is 42.6 Å². The van der Waals surface area contributed by atoms with Crippen molar-refractivity contribution in [2.45, 2.75) is 38.0 Å². The number of nitrogens with one attached hydrogen (secondary N) is 1. The third-order valence-electron chi connectivity index (χ3n) is 5.94. The number of carbonyl (C=O) groups excluding carboxylic acids is 2. The van der Waals surface area contributed by atoms with E-state index in [1.165, 1.54) is 16.9 Å². The van der Waals surface area contributed by atoms with Gasteiger partial charge in [0.1, 0.15) is 5.75 Å². The molecule has 1 aromatic carbocycles. The van der Waals surface area contributed by atoms with Crippen LogP contribution in [0, 0.1) is 0 Å². The predicted molar refractivity (Wildman–Crippen MR) is 133 cm³/mol. The van der Waals surface area contributed by atoms with Gasteiger partial charge in [0, 0.05) is 18.0 Å². The molecule has 2 amide bonds. The Morgan fingerprint density at radius 2 is 2.03 bits per heavy atom. The average molecular weight is 514 g/mol. The van der Waals surface area contributed by atoms with Crippen LogP contribution in [0.3, 0.4) is 0 Å². The number of nitrogens with zero attached hydrogens (tertiary/aromatic N) is 3. The van der Waals surface area contributed by atoms with Crippen molar-refractivity contribution in [3.05, 3.63) is 59.4 Å².